The third kappa shape index (κ3) is 4.64. The molecule has 8 heteroatoms. The minimum atomic E-state index is -0.421. The number of nitrogens with zero attached hydrogens (tertiary/aromatic N) is 2. The zero-order valence-corrected chi connectivity index (χ0v) is 16.8. The topological polar surface area (TPSA) is 81.2 Å². The van der Waals surface area contributed by atoms with Crippen molar-refractivity contribution in [3.63, 3.8) is 0 Å². The molecule has 2 aromatic heterocycles. The van der Waals surface area contributed by atoms with Crippen LogP contribution in [0.1, 0.15) is 29.2 Å². The van der Waals surface area contributed by atoms with E-state index in [1.54, 1.807) is 13.8 Å². The number of esters is 1. The summed E-state index contributed by atoms with van der Waals surface area (Å²) in [7, 11) is 0. The fraction of sp³-hybridized carbons (Fsp3) is 0.263. The van der Waals surface area contributed by atoms with Gasteiger partial charge in [0, 0.05) is 5.39 Å². The van der Waals surface area contributed by atoms with E-state index in [1.165, 1.54) is 11.8 Å². The molecular formula is C19H19N3O3S2. The first-order chi connectivity index (χ1) is 13.0. The molecule has 1 amide bonds. The average Bonchev–Trinajstić information content (AvgIpc) is 3.02. The lowest BCUT2D eigenvalue weighted by Gasteiger charge is -2.10. The molecule has 6 nitrogen and oxygen atoms in total. The number of hydrogen-bond donors (Lipinski definition) is 1. The van der Waals surface area contributed by atoms with Crippen LogP contribution in [0, 0.1) is 6.92 Å². The Bertz CT molecular complexity index is 987. The molecule has 0 aliphatic rings. The molecule has 0 spiro atoms. The van der Waals surface area contributed by atoms with Gasteiger partial charge >= 0.3 is 5.97 Å². The van der Waals surface area contributed by atoms with Crippen molar-refractivity contribution in [1.29, 1.82) is 0 Å². The Morgan fingerprint density at radius 2 is 2.00 bits per heavy atom. The molecule has 1 unspecified atom stereocenters. The fourth-order valence-corrected chi connectivity index (χ4v) is 4.08. The molecule has 0 aliphatic carbocycles. The van der Waals surface area contributed by atoms with E-state index in [0.717, 1.165) is 27.3 Å². The third-order valence-electron chi connectivity index (χ3n) is 3.73. The van der Waals surface area contributed by atoms with Crippen LogP contribution in [-0.4, -0.2) is 33.7 Å². The van der Waals surface area contributed by atoms with Crippen molar-refractivity contribution >= 4 is 51.0 Å². The number of nitrogens with one attached hydrogen (secondary N) is 1. The molecule has 1 N–H and O–H groups in total. The molecule has 3 rings (SSSR count). The lowest BCUT2D eigenvalue weighted by molar-refractivity contribution is -0.115. The van der Waals surface area contributed by atoms with Gasteiger partial charge in [0.25, 0.3) is 0 Å². The van der Waals surface area contributed by atoms with Gasteiger partial charge < -0.3 is 10.1 Å². The Morgan fingerprint density at radius 3 is 2.78 bits per heavy atom. The zero-order valence-electron chi connectivity index (χ0n) is 15.2. The average molecular weight is 402 g/mol. The predicted octanol–water partition coefficient (Wildman–Crippen LogP) is 4.30. The van der Waals surface area contributed by atoms with Gasteiger partial charge in [-0.25, -0.2) is 14.8 Å². The van der Waals surface area contributed by atoms with Crippen molar-refractivity contribution in [3.05, 3.63) is 47.0 Å². The maximum absolute atomic E-state index is 12.5. The van der Waals surface area contributed by atoms with E-state index in [9.17, 15) is 9.59 Å². The molecule has 140 valence electrons. The molecule has 0 saturated heterocycles. The second-order valence-electron chi connectivity index (χ2n) is 5.75. The van der Waals surface area contributed by atoms with Gasteiger partial charge in [-0.1, -0.05) is 47.4 Å². The normalized spacial score (nSPS) is 12.0. The number of thiazole rings is 1. The summed E-state index contributed by atoms with van der Waals surface area (Å²) in [5.41, 5.74) is 1.44. The maximum Gasteiger partial charge on any atom is 0.350 e. The number of hydrogen-bond acceptors (Lipinski definition) is 7. The number of carbonyl (C=O) groups excluding carboxylic acids is 2. The number of aromatic nitrogens is 2. The van der Waals surface area contributed by atoms with Crippen LogP contribution in [0.3, 0.4) is 0 Å². The maximum atomic E-state index is 12.5. The molecule has 1 aromatic carbocycles. The van der Waals surface area contributed by atoms with Crippen molar-refractivity contribution in [3.8, 4) is 0 Å². The minimum absolute atomic E-state index is 0.195. The minimum Gasteiger partial charge on any atom is -0.462 e. The largest absolute Gasteiger partial charge is 0.462 e. The van der Waals surface area contributed by atoms with Crippen LogP contribution >= 0.6 is 23.1 Å². The van der Waals surface area contributed by atoms with Crippen molar-refractivity contribution in [2.75, 3.05) is 11.9 Å². The molecule has 2 heterocycles. The van der Waals surface area contributed by atoms with E-state index in [2.05, 4.69) is 15.3 Å². The number of ether oxygens (including phenoxy) is 1. The summed E-state index contributed by atoms with van der Waals surface area (Å²) < 4.78 is 5.00. The first-order valence-electron chi connectivity index (χ1n) is 8.45. The van der Waals surface area contributed by atoms with Crippen molar-refractivity contribution in [1.82, 2.24) is 9.97 Å². The number of para-hydroxylation sites is 1. The second-order valence-corrected chi connectivity index (χ2v) is 8.11. The lowest BCUT2D eigenvalue weighted by Crippen LogP contribution is -2.22. The lowest BCUT2D eigenvalue weighted by atomic mass is 10.2. The Morgan fingerprint density at radius 1 is 1.22 bits per heavy atom. The van der Waals surface area contributed by atoms with Crippen LogP contribution in [0.5, 0.6) is 0 Å². The van der Waals surface area contributed by atoms with Crippen molar-refractivity contribution in [2.45, 2.75) is 31.0 Å². The molecule has 0 saturated carbocycles. The van der Waals surface area contributed by atoms with Gasteiger partial charge in [0.1, 0.15) is 4.88 Å². The van der Waals surface area contributed by atoms with Crippen LogP contribution in [0.2, 0.25) is 0 Å². The number of fused-ring (bicyclic) bond motifs is 1. The summed E-state index contributed by atoms with van der Waals surface area (Å²) >= 11 is 2.49. The van der Waals surface area contributed by atoms with Gasteiger partial charge in [-0.3, -0.25) is 4.79 Å². The van der Waals surface area contributed by atoms with E-state index in [4.69, 9.17) is 4.74 Å². The van der Waals surface area contributed by atoms with Crippen molar-refractivity contribution < 1.29 is 14.3 Å². The number of carbonyl (C=O) groups is 2. The summed E-state index contributed by atoms with van der Waals surface area (Å²) in [6.07, 6.45) is 0. The Balaban J connectivity index is 1.66. The van der Waals surface area contributed by atoms with Gasteiger partial charge in [-0.05, 0) is 32.9 Å². The molecule has 0 radical (unpaired) electrons. The van der Waals surface area contributed by atoms with Gasteiger partial charge in [0.05, 0.1) is 28.1 Å². The zero-order chi connectivity index (χ0) is 19.4. The predicted molar refractivity (Wildman–Crippen MR) is 108 cm³/mol. The van der Waals surface area contributed by atoms with Gasteiger partial charge in [-0.2, -0.15) is 0 Å². The summed E-state index contributed by atoms with van der Waals surface area (Å²) in [6, 6.07) is 11.7. The van der Waals surface area contributed by atoms with Gasteiger partial charge in [-0.15, -0.1) is 0 Å². The Labute approximate surface area is 165 Å². The summed E-state index contributed by atoms with van der Waals surface area (Å²) in [4.78, 5) is 33.6. The number of anilines is 1. The van der Waals surface area contributed by atoms with E-state index in [-0.39, 0.29) is 11.2 Å². The number of amides is 1. The molecule has 3 aromatic rings. The number of benzene rings is 1. The highest BCUT2D eigenvalue weighted by Gasteiger charge is 2.20. The van der Waals surface area contributed by atoms with E-state index in [1.807, 2.05) is 43.3 Å². The van der Waals surface area contributed by atoms with E-state index < -0.39 is 5.97 Å². The van der Waals surface area contributed by atoms with E-state index in [0.29, 0.717) is 22.3 Å². The smallest absolute Gasteiger partial charge is 0.350 e. The molecule has 0 aliphatic heterocycles. The quantitative estimate of drug-likeness (QED) is 0.490. The summed E-state index contributed by atoms with van der Waals surface area (Å²) in [6.45, 7) is 5.57. The standard InChI is InChI=1S/C19H19N3O3S2/c1-4-25-18(24)16-11(2)20-19(27-16)22-17(23)12(3)26-15-10-9-13-7-5-6-8-14(13)21-15/h5-10,12H,4H2,1-3H3,(H,20,22,23). The van der Waals surface area contributed by atoms with E-state index >= 15 is 0 Å². The van der Waals surface area contributed by atoms with Crippen LogP contribution in [-0.2, 0) is 9.53 Å². The highest BCUT2D eigenvalue weighted by Crippen LogP contribution is 2.27. The van der Waals surface area contributed by atoms with Crippen LogP contribution in [0.25, 0.3) is 10.9 Å². The van der Waals surface area contributed by atoms with Crippen LogP contribution in [0.15, 0.2) is 41.4 Å². The van der Waals surface area contributed by atoms with Crippen molar-refractivity contribution in [2.24, 2.45) is 0 Å². The SMILES string of the molecule is CCOC(=O)c1sc(NC(=O)C(C)Sc2ccc3ccccc3n2)nc1C. The Kier molecular flexibility index (Phi) is 6.08. The molecule has 27 heavy (non-hydrogen) atoms. The second kappa shape index (κ2) is 8.49. The highest BCUT2D eigenvalue weighted by molar-refractivity contribution is 8.00. The Hall–Kier alpha value is -2.45. The number of thioether (sulfide) groups is 1. The van der Waals surface area contributed by atoms with Crippen LogP contribution < -0.4 is 5.32 Å². The highest BCUT2D eigenvalue weighted by atomic mass is 32.2. The monoisotopic (exact) mass is 401 g/mol. The molecule has 0 bridgehead atoms. The molecule has 1 atom stereocenters. The van der Waals surface area contributed by atoms with Gasteiger partial charge in [0.15, 0.2) is 5.13 Å². The number of aryl methyl sites for hydroxylation is 1. The summed E-state index contributed by atoms with van der Waals surface area (Å²) in [5, 5.41) is 4.63. The van der Waals surface area contributed by atoms with Crippen LogP contribution in [0.4, 0.5) is 5.13 Å². The molecular weight excluding hydrogens is 382 g/mol. The number of rotatable bonds is 6. The third-order valence-corrected chi connectivity index (χ3v) is 5.82. The molecule has 0 fully saturated rings. The number of pyridine rings is 1. The summed E-state index contributed by atoms with van der Waals surface area (Å²) in [5.74, 6) is -0.616. The fourth-order valence-electron chi connectivity index (χ4n) is 2.39. The first kappa shape index (κ1) is 19.3. The van der Waals surface area contributed by atoms with Gasteiger partial charge in [0.2, 0.25) is 5.91 Å². The first-order valence-corrected chi connectivity index (χ1v) is 10.2.